The zero-order chi connectivity index (χ0) is 18.9. The summed E-state index contributed by atoms with van der Waals surface area (Å²) in [5.41, 5.74) is -0.421. The summed E-state index contributed by atoms with van der Waals surface area (Å²) >= 11 is 0. The van der Waals surface area contributed by atoms with Crippen LogP contribution < -0.4 is 5.32 Å². The molecule has 1 atom stereocenters. The molecule has 2 aromatic rings. The number of hydrogen-bond acceptors (Lipinski definition) is 5. The van der Waals surface area contributed by atoms with Crippen LogP contribution in [0.2, 0.25) is 0 Å². The van der Waals surface area contributed by atoms with Gasteiger partial charge in [0.2, 0.25) is 0 Å². The summed E-state index contributed by atoms with van der Waals surface area (Å²) in [6.45, 7) is 1.83. The van der Waals surface area contributed by atoms with Gasteiger partial charge in [0.05, 0.1) is 0 Å². The van der Waals surface area contributed by atoms with Crippen LogP contribution in [0.15, 0.2) is 30.6 Å². The molecule has 5 nitrogen and oxygen atoms in total. The zero-order valence-electron chi connectivity index (χ0n) is 14.9. The first-order valence-corrected chi connectivity index (χ1v) is 9.36. The van der Waals surface area contributed by atoms with E-state index in [0.29, 0.717) is 11.6 Å². The highest BCUT2D eigenvalue weighted by Gasteiger charge is 2.35. The van der Waals surface area contributed by atoms with E-state index in [1.807, 2.05) is 0 Å². The van der Waals surface area contributed by atoms with Crippen molar-refractivity contribution in [3.8, 4) is 11.4 Å². The molecule has 2 fully saturated rings. The highest BCUT2D eigenvalue weighted by Crippen LogP contribution is 2.32. The van der Waals surface area contributed by atoms with Crippen LogP contribution in [0, 0.1) is 0 Å². The van der Waals surface area contributed by atoms with Gasteiger partial charge in [0.15, 0.2) is 11.5 Å². The largest absolute Gasteiger partial charge is 0.433 e. The van der Waals surface area contributed by atoms with E-state index in [1.54, 1.807) is 12.1 Å². The molecule has 0 amide bonds. The van der Waals surface area contributed by atoms with Gasteiger partial charge in [0.1, 0.15) is 5.82 Å². The van der Waals surface area contributed by atoms with Crippen LogP contribution in [0.5, 0.6) is 0 Å². The molecule has 8 heteroatoms. The fraction of sp³-hybridized carbons (Fsp3) is 0.526. The van der Waals surface area contributed by atoms with Crippen molar-refractivity contribution in [2.45, 2.75) is 50.4 Å². The van der Waals surface area contributed by atoms with Crippen molar-refractivity contribution in [3.05, 3.63) is 36.3 Å². The van der Waals surface area contributed by atoms with Gasteiger partial charge in [0, 0.05) is 49.2 Å². The standard InChI is InChI=1S/C19H22F3N5/c20-19(21,22)16-11-17(26-18(25-16)13-5-8-23-9-6-13)24-14-7-10-27(12-14)15-3-1-2-4-15/h5-6,8-9,11,14-15H,1-4,7,10,12H2,(H,24,25,26). The minimum absolute atomic E-state index is 0.0559. The molecule has 144 valence electrons. The molecular weight excluding hydrogens is 355 g/mol. The Bertz CT molecular complexity index is 775. The van der Waals surface area contributed by atoms with E-state index >= 15 is 0 Å². The molecule has 1 saturated heterocycles. The van der Waals surface area contributed by atoms with Crippen LogP contribution in [0.4, 0.5) is 19.0 Å². The summed E-state index contributed by atoms with van der Waals surface area (Å²) in [7, 11) is 0. The van der Waals surface area contributed by atoms with Gasteiger partial charge in [-0.3, -0.25) is 9.88 Å². The number of nitrogens with one attached hydrogen (secondary N) is 1. The lowest BCUT2D eigenvalue weighted by atomic mass is 10.2. The van der Waals surface area contributed by atoms with Crippen LogP contribution in [0.25, 0.3) is 11.4 Å². The Morgan fingerprint density at radius 2 is 1.78 bits per heavy atom. The predicted octanol–water partition coefficient (Wildman–Crippen LogP) is 3.99. The minimum atomic E-state index is -4.52. The van der Waals surface area contributed by atoms with Crippen molar-refractivity contribution >= 4 is 5.82 Å². The van der Waals surface area contributed by atoms with Crippen molar-refractivity contribution in [1.29, 1.82) is 0 Å². The van der Waals surface area contributed by atoms with E-state index in [9.17, 15) is 13.2 Å². The van der Waals surface area contributed by atoms with Crippen molar-refractivity contribution in [2.24, 2.45) is 0 Å². The summed E-state index contributed by atoms with van der Waals surface area (Å²) < 4.78 is 39.9. The van der Waals surface area contributed by atoms with Gasteiger partial charge in [-0.15, -0.1) is 0 Å². The number of halogens is 3. The number of alkyl halides is 3. The van der Waals surface area contributed by atoms with E-state index in [-0.39, 0.29) is 17.7 Å². The van der Waals surface area contributed by atoms with Gasteiger partial charge in [-0.05, 0) is 31.4 Å². The lowest BCUT2D eigenvalue weighted by Crippen LogP contribution is -2.33. The number of aromatic nitrogens is 3. The molecule has 0 bridgehead atoms. The average molecular weight is 377 g/mol. The third-order valence-electron chi connectivity index (χ3n) is 5.37. The molecule has 27 heavy (non-hydrogen) atoms. The lowest BCUT2D eigenvalue weighted by molar-refractivity contribution is -0.141. The fourth-order valence-electron chi connectivity index (χ4n) is 4.01. The van der Waals surface area contributed by atoms with E-state index in [2.05, 4.69) is 25.2 Å². The summed E-state index contributed by atoms with van der Waals surface area (Å²) in [5.74, 6) is 0.280. The summed E-state index contributed by atoms with van der Waals surface area (Å²) in [5, 5.41) is 3.21. The third kappa shape index (κ3) is 4.21. The second kappa shape index (κ2) is 7.42. The maximum atomic E-state index is 13.3. The first-order chi connectivity index (χ1) is 13.0. The second-order valence-electron chi connectivity index (χ2n) is 7.26. The molecule has 1 aliphatic carbocycles. The topological polar surface area (TPSA) is 53.9 Å². The van der Waals surface area contributed by atoms with E-state index in [0.717, 1.165) is 25.6 Å². The van der Waals surface area contributed by atoms with Gasteiger partial charge in [0.25, 0.3) is 0 Å². The number of pyridine rings is 1. The van der Waals surface area contributed by atoms with Crippen molar-refractivity contribution < 1.29 is 13.2 Å². The molecule has 1 aliphatic heterocycles. The zero-order valence-corrected chi connectivity index (χ0v) is 14.9. The summed E-state index contributed by atoms with van der Waals surface area (Å²) in [6.07, 6.45) is 4.42. The molecule has 2 aliphatic rings. The Kier molecular flexibility index (Phi) is 4.99. The summed E-state index contributed by atoms with van der Waals surface area (Å²) in [6, 6.07) is 4.95. The first kappa shape index (κ1) is 18.2. The minimum Gasteiger partial charge on any atom is -0.366 e. The van der Waals surface area contributed by atoms with Crippen molar-refractivity contribution in [3.63, 3.8) is 0 Å². The molecular formula is C19H22F3N5. The Morgan fingerprint density at radius 3 is 2.48 bits per heavy atom. The molecule has 0 spiro atoms. The van der Waals surface area contributed by atoms with Crippen LogP contribution in [-0.4, -0.2) is 45.0 Å². The number of hydrogen-bond donors (Lipinski definition) is 1. The number of anilines is 1. The van der Waals surface area contributed by atoms with E-state index in [1.165, 1.54) is 38.1 Å². The van der Waals surface area contributed by atoms with Gasteiger partial charge in [-0.2, -0.15) is 13.2 Å². The Balaban J connectivity index is 1.55. The fourth-order valence-corrected chi connectivity index (χ4v) is 4.01. The van der Waals surface area contributed by atoms with Crippen LogP contribution in [0.3, 0.4) is 0 Å². The smallest absolute Gasteiger partial charge is 0.366 e. The van der Waals surface area contributed by atoms with Crippen LogP contribution in [0.1, 0.15) is 37.8 Å². The van der Waals surface area contributed by atoms with Gasteiger partial charge in [-0.25, -0.2) is 9.97 Å². The van der Waals surface area contributed by atoms with Gasteiger partial charge >= 0.3 is 6.18 Å². The molecule has 4 rings (SSSR count). The average Bonchev–Trinajstić information content (AvgIpc) is 3.33. The molecule has 3 heterocycles. The van der Waals surface area contributed by atoms with Crippen molar-refractivity contribution in [1.82, 2.24) is 19.9 Å². The summed E-state index contributed by atoms with van der Waals surface area (Å²) in [4.78, 5) is 14.4. The SMILES string of the molecule is FC(F)(F)c1cc(NC2CCN(C3CCCC3)C2)nc(-c2ccncc2)n1. The highest BCUT2D eigenvalue weighted by molar-refractivity contribution is 5.57. The Morgan fingerprint density at radius 1 is 1.04 bits per heavy atom. The predicted molar refractivity (Wildman–Crippen MR) is 96.1 cm³/mol. The second-order valence-corrected chi connectivity index (χ2v) is 7.26. The lowest BCUT2D eigenvalue weighted by Gasteiger charge is -2.23. The maximum absolute atomic E-state index is 13.3. The van der Waals surface area contributed by atoms with Crippen LogP contribution in [-0.2, 0) is 6.18 Å². The number of rotatable bonds is 4. The number of likely N-dealkylation sites (tertiary alicyclic amines) is 1. The van der Waals surface area contributed by atoms with Crippen molar-refractivity contribution in [2.75, 3.05) is 18.4 Å². The molecule has 1 unspecified atom stereocenters. The molecule has 0 radical (unpaired) electrons. The first-order valence-electron chi connectivity index (χ1n) is 9.36. The van der Waals surface area contributed by atoms with Gasteiger partial charge in [-0.1, -0.05) is 12.8 Å². The van der Waals surface area contributed by atoms with E-state index < -0.39 is 11.9 Å². The van der Waals surface area contributed by atoms with E-state index in [4.69, 9.17) is 0 Å². The quantitative estimate of drug-likeness (QED) is 0.873. The number of nitrogens with zero attached hydrogens (tertiary/aromatic N) is 4. The highest BCUT2D eigenvalue weighted by atomic mass is 19.4. The normalized spacial score (nSPS) is 21.7. The molecule has 0 aromatic carbocycles. The Labute approximate surface area is 156 Å². The molecule has 2 aromatic heterocycles. The molecule has 1 N–H and O–H groups in total. The molecule has 1 saturated carbocycles. The van der Waals surface area contributed by atoms with Crippen LogP contribution >= 0.6 is 0 Å². The monoisotopic (exact) mass is 377 g/mol. The Hall–Kier alpha value is -2.22. The maximum Gasteiger partial charge on any atom is 0.433 e. The third-order valence-corrected chi connectivity index (χ3v) is 5.37. The van der Waals surface area contributed by atoms with Gasteiger partial charge < -0.3 is 5.32 Å².